The van der Waals surface area contributed by atoms with E-state index >= 15 is 0 Å². The van der Waals surface area contributed by atoms with Crippen molar-refractivity contribution in [2.45, 2.75) is 52.2 Å². The molecule has 0 saturated carbocycles. The first-order chi connectivity index (χ1) is 9.19. The van der Waals surface area contributed by atoms with E-state index in [-0.39, 0.29) is 6.10 Å². The molecule has 0 aliphatic heterocycles. The van der Waals surface area contributed by atoms with Gasteiger partial charge in [-0.2, -0.15) is 0 Å². The molecule has 0 fully saturated rings. The Hall–Kier alpha value is -0.860. The van der Waals surface area contributed by atoms with E-state index in [2.05, 4.69) is 56.4 Å². The second kappa shape index (κ2) is 9.11. The number of likely N-dealkylation sites (N-methyl/N-ethyl adjacent to an activating group) is 1. The van der Waals surface area contributed by atoms with Crippen LogP contribution >= 0.6 is 0 Å². The number of ether oxygens (including phenoxy) is 1. The molecule has 0 amide bonds. The molecule has 2 atom stereocenters. The van der Waals surface area contributed by atoms with Crippen molar-refractivity contribution in [3.63, 3.8) is 0 Å². The summed E-state index contributed by atoms with van der Waals surface area (Å²) in [4.78, 5) is 0. The van der Waals surface area contributed by atoms with Gasteiger partial charge < -0.3 is 10.1 Å². The van der Waals surface area contributed by atoms with Crippen LogP contribution in [0.15, 0.2) is 30.3 Å². The van der Waals surface area contributed by atoms with Crippen LogP contribution in [0, 0.1) is 5.92 Å². The fourth-order valence-corrected chi connectivity index (χ4v) is 2.54. The smallest absolute Gasteiger partial charge is 0.0973 e. The molecule has 2 nitrogen and oxygen atoms in total. The van der Waals surface area contributed by atoms with Gasteiger partial charge in [0.25, 0.3) is 0 Å². The lowest BCUT2D eigenvalue weighted by Crippen LogP contribution is -2.35. The first-order valence-corrected chi connectivity index (χ1v) is 7.50. The SMILES string of the molecule is CCNC(CCCC(C)C)C(OC)c1ccccc1. The first kappa shape index (κ1) is 16.2. The minimum Gasteiger partial charge on any atom is -0.375 e. The molecule has 1 aromatic carbocycles. The van der Waals surface area contributed by atoms with Gasteiger partial charge in [0.15, 0.2) is 0 Å². The predicted octanol–water partition coefficient (Wildman–Crippen LogP) is 4.18. The maximum absolute atomic E-state index is 5.75. The second-order valence-corrected chi connectivity index (χ2v) is 5.56. The summed E-state index contributed by atoms with van der Waals surface area (Å²) in [5, 5.41) is 3.58. The van der Waals surface area contributed by atoms with Crippen molar-refractivity contribution in [1.82, 2.24) is 5.32 Å². The molecule has 0 bridgehead atoms. The lowest BCUT2D eigenvalue weighted by molar-refractivity contribution is 0.0642. The van der Waals surface area contributed by atoms with E-state index in [0.29, 0.717) is 6.04 Å². The third-order valence-corrected chi connectivity index (χ3v) is 3.51. The van der Waals surface area contributed by atoms with Gasteiger partial charge in [0, 0.05) is 13.2 Å². The first-order valence-electron chi connectivity index (χ1n) is 7.50. The Labute approximate surface area is 118 Å². The topological polar surface area (TPSA) is 21.3 Å². The van der Waals surface area contributed by atoms with Crippen LogP contribution in [0.2, 0.25) is 0 Å². The standard InChI is InChI=1S/C17H29NO/c1-5-18-16(13-9-10-14(2)3)17(19-4)15-11-7-6-8-12-15/h6-8,11-12,14,16-18H,5,9-10,13H2,1-4H3. The van der Waals surface area contributed by atoms with Gasteiger partial charge in [0.2, 0.25) is 0 Å². The highest BCUT2D eigenvalue weighted by molar-refractivity contribution is 5.19. The van der Waals surface area contributed by atoms with Crippen molar-refractivity contribution in [2.24, 2.45) is 5.92 Å². The van der Waals surface area contributed by atoms with Crippen molar-refractivity contribution in [3.05, 3.63) is 35.9 Å². The Morgan fingerprint density at radius 2 is 1.79 bits per heavy atom. The molecule has 0 aromatic heterocycles. The molecule has 2 heteroatoms. The Balaban J connectivity index is 2.66. The molecular formula is C17H29NO. The van der Waals surface area contributed by atoms with Crippen molar-refractivity contribution in [3.8, 4) is 0 Å². The molecular weight excluding hydrogens is 234 g/mol. The number of hydrogen-bond acceptors (Lipinski definition) is 2. The lowest BCUT2D eigenvalue weighted by atomic mass is 9.95. The number of hydrogen-bond donors (Lipinski definition) is 1. The Bertz CT molecular complexity index is 323. The molecule has 1 rings (SSSR count). The van der Waals surface area contributed by atoms with E-state index in [4.69, 9.17) is 4.74 Å². The largest absolute Gasteiger partial charge is 0.375 e. The monoisotopic (exact) mass is 263 g/mol. The average Bonchev–Trinajstić information content (AvgIpc) is 2.40. The van der Waals surface area contributed by atoms with Crippen LogP contribution in [-0.4, -0.2) is 19.7 Å². The van der Waals surface area contributed by atoms with Gasteiger partial charge in [0.1, 0.15) is 0 Å². The third-order valence-electron chi connectivity index (χ3n) is 3.51. The van der Waals surface area contributed by atoms with E-state index in [1.807, 2.05) is 7.11 Å². The lowest BCUT2D eigenvalue weighted by Gasteiger charge is -2.27. The Morgan fingerprint density at radius 1 is 1.11 bits per heavy atom. The van der Waals surface area contributed by atoms with Crippen molar-refractivity contribution in [1.29, 1.82) is 0 Å². The Morgan fingerprint density at radius 3 is 2.32 bits per heavy atom. The van der Waals surface area contributed by atoms with Crippen LogP contribution in [0.1, 0.15) is 51.7 Å². The normalized spacial score (nSPS) is 14.6. The van der Waals surface area contributed by atoms with Crippen molar-refractivity contribution >= 4 is 0 Å². The molecule has 0 spiro atoms. The van der Waals surface area contributed by atoms with Gasteiger partial charge in [-0.1, -0.05) is 63.9 Å². The summed E-state index contributed by atoms with van der Waals surface area (Å²) in [5.41, 5.74) is 1.26. The van der Waals surface area contributed by atoms with Crippen LogP contribution in [-0.2, 0) is 4.74 Å². The molecule has 0 radical (unpaired) electrons. The van der Waals surface area contributed by atoms with Gasteiger partial charge in [-0.3, -0.25) is 0 Å². The van der Waals surface area contributed by atoms with Gasteiger partial charge in [-0.25, -0.2) is 0 Å². The molecule has 1 aromatic rings. The van der Waals surface area contributed by atoms with E-state index < -0.39 is 0 Å². The second-order valence-electron chi connectivity index (χ2n) is 5.56. The molecule has 1 N–H and O–H groups in total. The maximum atomic E-state index is 5.75. The molecule has 2 unspecified atom stereocenters. The molecule has 0 heterocycles. The summed E-state index contributed by atoms with van der Waals surface area (Å²) in [6.45, 7) is 7.71. The highest BCUT2D eigenvalue weighted by Crippen LogP contribution is 2.24. The predicted molar refractivity (Wildman–Crippen MR) is 82.3 cm³/mol. The van der Waals surface area contributed by atoms with Crippen LogP contribution < -0.4 is 5.32 Å². The van der Waals surface area contributed by atoms with E-state index in [9.17, 15) is 0 Å². The number of benzene rings is 1. The molecule has 0 aliphatic rings. The molecule has 19 heavy (non-hydrogen) atoms. The quantitative estimate of drug-likeness (QED) is 0.721. The fraction of sp³-hybridized carbons (Fsp3) is 0.647. The van der Waals surface area contributed by atoms with E-state index in [1.165, 1.54) is 24.8 Å². The summed E-state index contributed by atoms with van der Waals surface area (Å²) in [6.07, 6.45) is 3.85. The molecule has 0 aliphatic carbocycles. The minimum absolute atomic E-state index is 0.147. The van der Waals surface area contributed by atoms with Crippen LogP contribution in [0.5, 0.6) is 0 Å². The average molecular weight is 263 g/mol. The summed E-state index contributed by atoms with van der Waals surface area (Å²) in [5.74, 6) is 0.778. The molecule has 108 valence electrons. The summed E-state index contributed by atoms with van der Waals surface area (Å²) >= 11 is 0. The summed E-state index contributed by atoms with van der Waals surface area (Å²) in [7, 11) is 1.81. The van der Waals surface area contributed by atoms with Gasteiger partial charge in [-0.15, -0.1) is 0 Å². The number of nitrogens with one attached hydrogen (secondary N) is 1. The third kappa shape index (κ3) is 5.75. The zero-order chi connectivity index (χ0) is 14.1. The van der Waals surface area contributed by atoms with Gasteiger partial charge >= 0.3 is 0 Å². The number of methoxy groups -OCH3 is 1. The van der Waals surface area contributed by atoms with E-state index in [0.717, 1.165) is 12.5 Å². The van der Waals surface area contributed by atoms with Gasteiger partial charge in [0.05, 0.1) is 6.10 Å². The maximum Gasteiger partial charge on any atom is 0.0973 e. The highest BCUT2D eigenvalue weighted by Gasteiger charge is 2.21. The van der Waals surface area contributed by atoms with Crippen LogP contribution in [0.25, 0.3) is 0 Å². The molecule has 0 saturated heterocycles. The summed E-state index contributed by atoms with van der Waals surface area (Å²) < 4.78 is 5.75. The number of rotatable bonds is 9. The Kier molecular flexibility index (Phi) is 7.76. The zero-order valence-electron chi connectivity index (χ0n) is 12.9. The van der Waals surface area contributed by atoms with Crippen molar-refractivity contribution in [2.75, 3.05) is 13.7 Å². The van der Waals surface area contributed by atoms with Crippen molar-refractivity contribution < 1.29 is 4.74 Å². The van der Waals surface area contributed by atoms with Gasteiger partial charge in [-0.05, 0) is 24.4 Å². The van der Waals surface area contributed by atoms with Crippen LogP contribution in [0.4, 0.5) is 0 Å². The summed E-state index contributed by atoms with van der Waals surface area (Å²) in [6, 6.07) is 10.9. The minimum atomic E-state index is 0.147. The fourth-order valence-electron chi connectivity index (χ4n) is 2.54. The highest BCUT2D eigenvalue weighted by atomic mass is 16.5. The van der Waals surface area contributed by atoms with Crippen LogP contribution in [0.3, 0.4) is 0 Å². The van der Waals surface area contributed by atoms with E-state index in [1.54, 1.807) is 0 Å². The zero-order valence-corrected chi connectivity index (χ0v) is 12.9.